The Morgan fingerprint density at radius 2 is 2.05 bits per heavy atom. The first-order valence-corrected chi connectivity index (χ1v) is 8.30. The highest BCUT2D eigenvalue weighted by Gasteiger charge is 2.28. The number of nitrogens with one attached hydrogen (secondary N) is 1. The van der Waals surface area contributed by atoms with E-state index in [-0.39, 0.29) is 12.4 Å². The fourth-order valence-electron chi connectivity index (χ4n) is 3.90. The van der Waals surface area contributed by atoms with E-state index in [2.05, 4.69) is 33.3 Å². The van der Waals surface area contributed by atoms with Gasteiger partial charge in [0.1, 0.15) is 5.75 Å². The van der Waals surface area contributed by atoms with Crippen LogP contribution in [0, 0.1) is 0 Å². The molecule has 4 nitrogen and oxygen atoms in total. The van der Waals surface area contributed by atoms with Gasteiger partial charge in [0.05, 0.1) is 6.61 Å². The van der Waals surface area contributed by atoms with Crippen molar-refractivity contribution in [3.8, 4) is 5.75 Å². The van der Waals surface area contributed by atoms with Crippen molar-refractivity contribution in [1.82, 2.24) is 15.1 Å². The number of piperazine rings is 1. The first kappa shape index (κ1) is 16.1. The minimum absolute atomic E-state index is 0. The zero-order valence-corrected chi connectivity index (χ0v) is 13.9. The van der Waals surface area contributed by atoms with Crippen molar-refractivity contribution in [3.63, 3.8) is 0 Å². The molecule has 2 saturated heterocycles. The van der Waals surface area contributed by atoms with Crippen LogP contribution in [-0.2, 0) is 13.0 Å². The van der Waals surface area contributed by atoms with Crippen LogP contribution < -0.4 is 10.1 Å². The molecular weight excluding hydrogens is 298 g/mol. The van der Waals surface area contributed by atoms with Gasteiger partial charge in [-0.15, -0.1) is 12.4 Å². The maximum Gasteiger partial charge on any atom is 0.122 e. The van der Waals surface area contributed by atoms with Gasteiger partial charge < -0.3 is 10.1 Å². The lowest BCUT2D eigenvalue weighted by Gasteiger charge is -2.32. The third-order valence-corrected chi connectivity index (χ3v) is 5.08. The molecule has 0 radical (unpaired) electrons. The van der Waals surface area contributed by atoms with Crippen molar-refractivity contribution >= 4 is 12.4 Å². The third-order valence-electron chi connectivity index (χ3n) is 5.08. The SMILES string of the molecule is Cl.c1cc2c(cc1CN1CCC(N3CCNCC3)C1)CCO2. The zero-order chi connectivity index (χ0) is 14.1. The fourth-order valence-corrected chi connectivity index (χ4v) is 3.90. The Balaban J connectivity index is 0.00000144. The average Bonchev–Trinajstić information content (AvgIpc) is 3.17. The maximum absolute atomic E-state index is 5.59. The summed E-state index contributed by atoms with van der Waals surface area (Å²) in [5.41, 5.74) is 2.84. The molecule has 122 valence electrons. The molecule has 0 amide bonds. The summed E-state index contributed by atoms with van der Waals surface area (Å²) in [5.74, 6) is 1.10. The first-order valence-electron chi connectivity index (χ1n) is 8.30. The predicted molar refractivity (Wildman–Crippen MR) is 91.0 cm³/mol. The van der Waals surface area contributed by atoms with E-state index in [9.17, 15) is 0 Å². The van der Waals surface area contributed by atoms with Gasteiger partial charge in [-0.05, 0) is 23.6 Å². The summed E-state index contributed by atoms with van der Waals surface area (Å²) in [6.07, 6.45) is 2.40. The highest BCUT2D eigenvalue weighted by atomic mass is 35.5. The summed E-state index contributed by atoms with van der Waals surface area (Å²) in [4.78, 5) is 5.29. The number of nitrogens with zero attached hydrogens (tertiary/aromatic N) is 2. The number of ether oxygens (including phenoxy) is 1. The highest BCUT2D eigenvalue weighted by Crippen LogP contribution is 2.27. The first-order chi connectivity index (χ1) is 10.4. The highest BCUT2D eigenvalue weighted by molar-refractivity contribution is 5.85. The number of fused-ring (bicyclic) bond motifs is 1. The van der Waals surface area contributed by atoms with Crippen molar-refractivity contribution in [3.05, 3.63) is 29.3 Å². The van der Waals surface area contributed by atoms with E-state index in [1.54, 1.807) is 0 Å². The number of likely N-dealkylation sites (tertiary alicyclic amines) is 1. The minimum Gasteiger partial charge on any atom is -0.493 e. The summed E-state index contributed by atoms with van der Waals surface area (Å²) < 4.78 is 5.59. The van der Waals surface area contributed by atoms with Gasteiger partial charge in [-0.2, -0.15) is 0 Å². The third kappa shape index (κ3) is 3.40. The number of benzene rings is 1. The lowest BCUT2D eigenvalue weighted by Crippen LogP contribution is -2.49. The normalized spacial score (nSPS) is 25.5. The van der Waals surface area contributed by atoms with Crippen LogP contribution in [0.4, 0.5) is 0 Å². The quantitative estimate of drug-likeness (QED) is 0.913. The van der Waals surface area contributed by atoms with Crippen LogP contribution in [0.5, 0.6) is 5.75 Å². The summed E-state index contributed by atoms with van der Waals surface area (Å²) >= 11 is 0. The van der Waals surface area contributed by atoms with Crippen molar-refractivity contribution in [1.29, 1.82) is 0 Å². The number of rotatable bonds is 3. The van der Waals surface area contributed by atoms with Gasteiger partial charge in [0.15, 0.2) is 0 Å². The Labute approximate surface area is 139 Å². The van der Waals surface area contributed by atoms with E-state index in [0.29, 0.717) is 0 Å². The van der Waals surface area contributed by atoms with Crippen molar-refractivity contribution in [2.24, 2.45) is 0 Å². The van der Waals surface area contributed by atoms with Gasteiger partial charge in [0, 0.05) is 58.3 Å². The molecular formula is C17H26ClN3O. The van der Waals surface area contributed by atoms with E-state index in [4.69, 9.17) is 4.74 Å². The Bertz CT molecular complexity index is 505. The zero-order valence-electron chi connectivity index (χ0n) is 13.1. The molecule has 1 aromatic rings. The lowest BCUT2D eigenvalue weighted by molar-refractivity contribution is 0.170. The molecule has 0 spiro atoms. The Hall–Kier alpha value is -0.810. The molecule has 1 atom stereocenters. The van der Waals surface area contributed by atoms with Gasteiger partial charge in [0.25, 0.3) is 0 Å². The molecule has 22 heavy (non-hydrogen) atoms. The van der Waals surface area contributed by atoms with E-state index in [0.717, 1.165) is 44.5 Å². The molecule has 1 unspecified atom stereocenters. The largest absolute Gasteiger partial charge is 0.493 e. The molecule has 0 aliphatic carbocycles. The Kier molecular flexibility index (Phi) is 5.24. The number of hydrogen-bond acceptors (Lipinski definition) is 4. The summed E-state index contributed by atoms with van der Waals surface area (Å²) in [5, 5.41) is 3.45. The van der Waals surface area contributed by atoms with Crippen LogP contribution in [0.2, 0.25) is 0 Å². The second-order valence-corrected chi connectivity index (χ2v) is 6.50. The second kappa shape index (κ2) is 7.18. The summed E-state index contributed by atoms with van der Waals surface area (Å²) in [7, 11) is 0. The fraction of sp³-hybridized carbons (Fsp3) is 0.647. The Morgan fingerprint density at radius 1 is 1.18 bits per heavy atom. The smallest absolute Gasteiger partial charge is 0.122 e. The molecule has 4 rings (SSSR count). The predicted octanol–water partition coefficient (Wildman–Crippen LogP) is 1.52. The number of hydrogen-bond donors (Lipinski definition) is 1. The van der Waals surface area contributed by atoms with Gasteiger partial charge in [-0.3, -0.25) is 9.80 Å². The lowest BCUT2D eigenvalue weighted by atomic mass is 10.1. The topological polar surface area (TPSA) is 27.7 Å². The van der Waals surface area contributed by atoms with Crippen molar-refractivity contribution < 1.29 is 4.74 Å². The van der Waals surface area contributed by atoms with Crippen LogP contribution in [0.1, 0.15) is 17.5 Å². The molecule has 3 heterocycles. The van der Waals surface area contributed by atoms with Crippen LogP contribution >= 0.6 is 12.4 Å². The molecule has 0 bridgehead atoms. The molecule has 1 aromatic carbocycles. The monoisotopic (exact) mass is 323 g/mol. The molecule has 3 aliphatic rings. The molecule has 0 saturated carbocycles. The van der Waals surface area contributed by atoms with E-state index < -0.39 is 0 Å². The van der Waals surface area contributed by atoms with E-state index in [1.807, 2.05) is 0 Å². The van der Waals surface area contributed by atoms with Gasteiger partial charge in [0.2, 0.25) is 0 Å². The van der Waals surface area contributed by atoms with Crippen LogP contribution in [0.3, 0.4) is 0 Å². The molecule has 3 aliphatic heterocycles. The molecule has 2 fully saturated rings. The minimum atomic E-state index is 0. The average molecular weight is 324 g/mol. The summed E-state index contributed by atoms with van der Waals surface area (Å²) in [6.45, 7) is 9.16. The second-order valence-electron chi connectivity index (χ2n) is 6.50. The standard InChI is InChI=1S/C17H25N3O.ClH/c1-2-17-15(4-10-21-17)11-14(1)12-19-7-3-16(13-19)20-8-5-18-6-9-20;/h1-2,11,16,18H,3-10,12-13H2;1H. The van der Waals surface area contributed by atoms with Gasteiger partial charge in [-0.25, -0.2) is 0 Å². The Morgan fingerprint density at radius 3 is 2.91 bits per heavy atom. The number of halogens is 1. The summed E-state index contributed by atoms with van der Waals surface area (Å²) in [6, 6.07) is 7.51. The van der Waals surface area contributed by atoms with Crippen LogP contribution in [0.25, 0.3) is 0 Å². The molecule has 5 heteroatoms. The van der Waals surface area contributed by atoms with Crippen molar-refractivity contribution in [2.45, 2.75) is 25.4 Å². The van der Waals surface area contributed by atoms with Crippen LogP contribution in [-0.4, -0.2) is 61.7 Å². The maximum atomic E-state index is 5.59. The molecule has 1 N–H and O–H groups in total. The van der Waals surface area contributed by atoms with Gasteiger partial charge >= 0.3 is 0 Å². The van der Waals surface area contributed by atoms with E-state index >= 15 is 0 Å². The van der Waals surface area contributed by atoms with E-state index in [1.165, 1.54) is 43.7 Å². The van der Waals surface area contributed by atoms with Gasteiger partial charge in [-0.1, -0.05) is 12.1 Å². The molecule has 0 aromatic heterocycles. The van der Waals surface area contributed by atoms with Crippen LogP contribution in [0.15, 0.2) is 18.2 Å². The van der Waals surface area contributed by atoms with Crippen molar-refractivity contribution in [2.75, 3.05) is 45.9 Å².